The largest absolute Gasteiger partial charge is 0.417 e. The van der Waals surface area contributed by atoms with Gasteiger partial charge in [-0.1, -0.05) is 51.1 Å². The summed E-state index contributed by atoms with van der Waals surface area (Å²) in [6.45, 7) is 17.9. The molecule has 138 valence electrons. The van der Waals surface area contributed by atoms with Gasteiger partial charge in [0.25, 0.3) is 0 Å². The van der Waals surface area contributed by atoms with Crippen molar-refractivity contribution in [3.05, 3.63) is 35.9 Å². The number of hydrogen-bond acceptors (Lipinski definition) is 2. The van der Waals surface area contributed by atoms with Gasteiger partial charge in [-0.3, -0.25) is 0 Å². The molecule has 3 nitrogen and oxygen atoms in total. The number of benzene rings is 1. The first-order valence-electron chi connectivity index (χ1n) is 8.71. The van der Waals surface area contributed by atoms with Crippen LogP contribution < -0.4 is 4.72 Å². The average Bonchev–Trinajstić information content (AvgIpc) is 2.44. The van der Waals surface area contributed by atoms with Crippen LogP contribution in [0.2, 0.25) is 18.1 Å². The highest BCUT2D eigenvalue weighted by atomic mass is 32.2. The van der Waals surface area contributed by atoms with Gasteiger partial charge >= 0.3 is 0 Å². The van der Waals surface area contributed by atoms with Gasteiger partial charge in [-0.2, -0.15) is 0 Å². The lowest BCUT2D eigenvalue weighted by molar-refractivity contribution is 0.269. The van der Waals surface area contributed by atoms with Gasteiger partial charge in [0, 0.05) is 12.6 Å². The van der Waals surface area contributed by atoms with E-state index in [9.17, 15) is 4.21 Å². The normalized spacial score (nSPS) is 16.0. The third kappa shape index (κ3) is 6.43. The van der Waals surface area contributed by atoms with Gasteiger partial charge in [-0.15, -0.1) is 0 Å². The van der Waals surface area contributed by atoms with Crippen molar-refractivity contribution in [3.63, 3.8) is 0 Å². The summed E-state index contributed by atoms with van der Waals surface area (Å²) in [6.07, 6.45) is 0.818. The van der Waals surface area contributed by atoms with Crippen LogP contribution in [0.4, 0.5) is 0 Å². The first-order valence-corrected chi connectivity index (χ1v) is 12.8. The van der Waals surface area contributed by atoms with Gasteiger partial charge in [-0.05, 0) is 50.9 Å². The molecule has 0 spiro atoms. The minimum absolute atomic E-state index is 0.0380. The molecule has 0 saturated carbocycles. The van der Waals surface area contributed by atoms with E-state index in [-0.39, 0.29) is 15.8 Å². The summed E-state index contributed by atoms with van der Waals surface area (Å²) in [5.41, 5.74) is 1.16. The molecule has 0 aliphatic carbocycles. The van der Waals surface area contributed by atoms with Gasteiger partial charge in [0.2, 0.25) is 0 Å². The van der Waals surface area contributed by atoms with Crippen LogP contribution in [0.15, 0.2) is 30.3 Å². The van der Waals surface area contributed by atoms with Crippen molar-refractivity contribution in [3.8, 4) is 0 Å². The molecule has 0 amide bonds. The molecule has 2 atom stereocenters. The Morgan fingerprint density at radius 3 is 2.08 bits per heavy atom. The molecular weight excluding hydrogens is 334 g/mol. The zero-order chi connectivity index (χ0) is 18.6. The highest BCUT2D eigenvalue weighted by Gasteiger charge is 2.37. The zero-order valence-corrected chi connectivity index (χ0v) is 18.4. The van der Waals surface area contributed by atoms with Crippen molar-refractivity contribution < 1.29 is 8.63 Å². The molecule has 0 saturated heterocycles. The Bertz CT molecular complexity index is 533. The molecule has 24 heavy (non-hydrogen) atoms. The Morgan fingerprint density at radius 2 is 1.62 bits per heavy atom. The molecule has 1 rings (SSSR count). The SMILES string of the molecule is CC(C)(C)[S@](=O)N[C@H](CCO[Si](C)(C)C(C)(C)C)c1ccccc1. The van der Waals surface area contributed by atoms with Crippen LogP contribution in [-0.2, 0) is 15.4 Å². The van der Waals surface area contributed by atoms with Crippen LogP contribution in [0.1, 0.15) is 59.6 Å². The van der Waals surface area contributed by atoms with E-state index in [2.05, 4.69) is 50.7 Å². The van der Waals surface area contributed by atoms with Gasteiger partial charge in [0.1, 0.15) is 0 Å². The Balaban J connectivity index is 2.79. The molecule has 0 aliphatic rings. The van der Waals surface area contributed by atoms with Crippen molar-refractivity contribution in [2.24, 2.45) is 0 Å². The van der Waals surface area contributed by atoms with Crippen LogP contribution in [0.25, 0.3) is 0 Å². The van der Waals surface area contributed by atoms with E-state index in [4.69, 9.17) is 4.43 Å². The van der Waals surface area contributed by atoms with E-state index in [0.717, 1.165) is 12.0 Å². The van der Waals surface area contributed by atoms with Gasteiger partial charge in [-0.25, -0.2) is 8.93 Å². The molecule has 0 radical (unpaired) electrons. The summed E-state index contributed by atoms with van der Waals surface area (Å²) >= 11 is 0. The topological polar surface area (TPSA) is 38.3 Å². The van der Waals surface area contributed by atoms with Crippen molar-refractivity contribution in [2.75, 3.05) is 6.61 Å². The van der Waals surface area contributed by atoms with E-state index in [1.54, 1.807) is 0 Å². The summed E-state index contributed by atoms with van der Waals surface area (Å²) in [6, 6.07) is 10.3. The molecule has 0 aromatic heterocycles. The molecule has 0 heterocycles. The number of hydrogen-bond donors (Lipinski definition) is 1. The Labute approximate surface area is 152 Å². The third-order valence-electron chi connectivity index (χ3n) is 4.68. The molecule has 1 N–H and O–H groups in total. The molecule has 0 aliphatic heterocycles. The second kappa shape index (κ2) is 8.26. The lowest BCUT2D eigenvalue weighted by Crippen LogP contribution is -2.42. The molecular formula is C19H35NO2SSi. The maximum atomic E-state index is 12.5. The van der Waals surface area contributed by atoms with E-state index >= 15 is 0 Å². The van der Waals surface area contributed by atoms with E-state index < -0.39 is 19.3 Å². The minimum atomic E-state index is -1.75. The van der Waals surface area contributed by atoms with Crippen LogP contribution in [0, 0.1) is 0 Å². The summed E-state index contributed by atoms with van der Waals surface area (Å²) < 4.78 is 21.9. The van der Waals surface area contributed by atoms with Crippen LogP contribution in [0.5, 0.6) is 0 Å². The summed E-state index contributed by atoms with van der Waals surface area (Å²) in [7, 11) is -2.86. The molecule has 1 aromatic carbocycles. The standard InChI is InChI=1S/C19H35NO2SSi/c1-18(2,3)23(21)20-17(16-12-10-9-11-13-16)14-15-22-24(7,8)19(4,5)6/h9-13,17,20H,14-15H2,1-8H3/t17-,23+/m1/s1. The van der Waals surface area contributed by atoms with Crippen LogP contribution in [-0.4, -0.2) is 23.9 Å². The van der Waals surface area contributed by atoms with Crippen molar-refractivity contribution in [1.82, 2.24) is 4.72 Å². The second-order valence-electron chi connectivity index (χ2n) is 8.86. The number of nitrogens with one attached hydrogen (secondary N) is 1. The Morgan fingerprint density at radius 1 is 1.08 bits per heavy atom. The fraction of sp³-hybridized carbons (Fsp3) is 0.684. The number of rotatable bonds is 7. The first kappa shape index (κ1) is 21.5. The summed E-state index contributed by atoms with van der Waals surface area (Å²) in [5, 5.41) is 0.205. The van der Waals surface area contributed by atoms with E-state index in [0.29, 0.717) is 6.61 Å². The Hall–Kier alpha value is -0.493. The predicted octanol–water partition coefficient (Wildman–Crippen LogP) is 5.19. The molecule has 0 unspecified atom stereocenters. The fourth-order valence-corrected chi connectivity index (χ4v) is 3.86. The van der Waals surface area contributed by atoms with Crippen LogP contribution >= 0.6 is 0 Å². The summed E-state index contributed by atoms with van der Waals surface area (Å²) in [5.74, 6) is 0. The van der Waals surface area contributed by atoms with Crippen molar-refractivity contribution in [2.45, 2.75) is 76.9 Å². The molecule has 0 bridgehead atoms. The summed E-state index contributed by atoms with van der Waals surface area (Å²) in [4.78, 5) is 0. The minimum Gasteiger partial charge on any atom is -0.417 e. The quantitative estimate of drug-likeness (QED) is 0.672. The van der Waals surface area contributed by atoms with Crippen molar-refractivity contribution >= 4 is 19.3 Å². The molecule has 5 heteroatoms. The Kier molecular flexibility index (Phi) is 7.41. The lowest BCUT2D eigenvalue weighted by Gasteiger charge is -2.36. The first-order chi connectivity index (χ1) is 10.8. The highest BCUT2D eigenvalue weighted by Crippen LogP contribution is 2.36. The fourth-order valence-electron chi connectivity index (χ4n) is 1.93. The highest BCUT2D eigenvalue weighted by molar-refractivity contribution is 7.84. The maximum Gasteiger partial charge on any atom is 0.191 e. The van der Waals surface area contributed by atoms with Gasteiger partial charge in [0.05, 0.1) is 15.7 Å². The van der Waals surface area contributed by atoms with Crippen molar-refractivity contribution in [1.29, 1.82) is 0 Å². The van der Waals surface area contributed by atoms with E-state index in [1.807, 2.05) is 39.0 Å². The monoisotopic (exact) mass is 369 g/mol. The zero-order valence-electron chi connectivity index (χ0n) is 16.6. The van der Waals surface area contributed by atoms with Crippen LogP contribution in [0.3, 0.4) is 0 Å². The molecule has 0 fully saturated rings. The predicted molar refractivity (Wildman–Crippen MR) is 108 cm³/mol. The van der Waals surface area contributed by atoms with E-state index in [1.165, 1.54) is 0 Å². The second-order valence-corrected chi connectivity index (χ2v) is 15.7. The third-order valence-corrected chi connectivity index (χ3v) is 10.8. The average molecular weight is 370 g/mol. The molecule has 1 aromatic rings. The van der Waals surface area contributed by atoms with Gasteiger partial charge in [0.15, 0.2) is 8.32 Å². The van der Waals surface area contributed by atoms with Gasteiger partial charge < -0.3 is 4.43 Å². The maximum absolute atomic E-state index is 12.5. The lowest BCUT2D eigenvalue weighted by atomic mass is 10.1. The smallest absolute Gasteiger partial charge is 0.191 e.